The molecule has 198 valence electrons. The second-order valence-corrected chi connectivity index (χ2v) is 10.8. The van der Waals surface area contributed by atoms with Crippen molar-refractivity contribution in [1.82, 2.24) is 24.6 Å². The van der Waals surface area contributed by atoms with Crippen LogP contribution in [0.15, 0.2) is 49.1 Å². The molecule has 0 bridgehead atoms. The summed E-state index contributed by atoms with van der Waals surface area (Å²) < 4.78 is 7.22. The van der Waals surface area contributed by atoms with Crippen molar-refractivity contribution in [3.05, 3.63) is 71.6 Å². The van der Waals surface area contributed by atoms with Gasteiger partial charge in [-0.25, -0.2) is 4.79 Å². The fourth-order valence-corrected chi connectivity index (χ4v) is 5.24. The average molecular weight is 505 g/mol. The zero-order valence-corrected chi connectivity index (χ0v) is 22.8. The number of hydrogen-bond donors (Lipinski definition) is 1. The van der Waals surface area contributed by atoms with Crippen molar-refractivity contribution >= 4 is 11.8 Å². The predicted molar refractivity (Wildman–Crippen MR) is 145 cm³/mol. The summed E-state index contributed by atoms with van der Waals surface area (Å²) in [6.07, 6.45) is 12.1. The Labute approximate surface area is 220 Å². The van der Waals surface area contributed by atoms with Gasteiger partial charge >= 0.3 is 6.09 Å². The molecule has 0 radical (unpaired) electrons. The van der Waals surface area contributed by atoms with Gasteiger partial charge in [-0.05, 0) is 83.1 Å². The summed E-state index contributed by atoms with van der Waals surface area (Å²) in [5.74, 6) is 0. The quantitative estimate of drug-likeness (QED) is 0.390. The predicted octanol–water partition coefficient (Wildman–Crippen LogP) is 6.25. The molecule has 0 saturated carbocycles. The summed E-state index contributed by atoms with van der Waals surface area (Å²) >= 11 is 0. The maximum atomic E-state index is 12.1. The lowest BCUT2D eigenvalue weighted by Gasteiger charge is -2.42. The number of amides is 1. The largest absolute Gasteiger partial charge is 0.444 e. The first-order chi connectivity index (χ1) is 17.7. The van der Waals surface area contributed by atoms with Crippen LogP contribution in [0.1, 0.15) is 88.0 Å². The highest BCUT2D eigenvalue weighted by Crippen LogP contribution is 2.42. The SMILES string of the molecule is CCc1cccnc1[C@H]1CCC[C@@H](c2ncccc2C)N1CCCn1cc(NC(=O)OC(C)(C)C)cn1. The number of rotatable bonds is 8. The summed E-state index contributed by atoms with van der Waals surface area (Å²) in [5.41, 5.74) is 5.02. The van der Waals surface area contributed by atoms with Gasteiger partial charge in [0.25, 0.3) is 0 Å². The number of carbonyl (C=O) groups is 1. The van der Waals surface area contributed by atoms with E-state index in [1.54, 1.807) is 6.20 Å². The maximum Gasteiger partial charge on any atom is 0.412 e. The molecule has 1 aliphatic rings. The van der Waals surface area contributed by atoms with Gasteiger partial charge in [0.05, 0.1) is 35.4 Å². The summed E-state index contributed by atoms with van der Waals surface area (Å²) in [6, 6.07) is 8.94. The van der Waals surface area contributed by atoms with Crippen LogP contribution < -0.4 is 5.32 Å². The number of anilines is 1. The lowest BCUT2D eigenvalue weighted by atomic mass is 9.88. The average Bonchev–Trinajstić information content (AvgIpc) is 3.30. The van der Waals surface area contributed by atoms with E-state index in [1.165, 1.54) is 22.5 Å². The van der Waals surface area contributed by atoms with Crippen LogP contribution in [0.25, 0.3) is 0 Å². The van der Waals surface area contributed by atoms with Crippen LogP contribution in [0, 0.1) is 6.92 Å². The van der Waals surface area contributed by atoms with Crippen LogP contribution in [0.2, 0.25) is 0 Å². The van der Waals surface area contributed by atoms with E-state index < -0.39 is 11.7 Å². The zero-order valence-electron chi connectivity index (χ0n) is 22.8. The number of carbonyl (C=O) groups excluding carboxylic acids is 1. The van der Waals surface area contributed by atoms with Gasteiger partial charge in [-0.1, -0.05) is 19.1 Å². The van der Waals surface area contributed by atoms with Gasteiger partial charge in [-0.15, -0.1) is 0 Å². The van der Waals surface area contributed by atoms with E-state index in [4.69, 9.17) is 14.7 Å². The van der Waals surface area contributed by atoms with Gasteiger partial charge in [-0.2, -0.15) is 5.10 Å². The molecule has 4 heterocycles. The normalized spacial score (nSPS) is 18.5. The Morgan fingerprint density at radius 1 is 1.08 bits per heavy atom. The first-order valence-corrected chi connectivity index (χ1v) is 13.4. The summed E-state index contributed by atoms with van der Waals surface area (Å²) in [6.45, 7) is 11.5. The van der Waals surface area contributed by atoms with Crippen molar-refractivity contribution in [2.24, 2.45) is 0 Å². The molecule has 1 N–H and O–H groups in total. The van der Waals surface area contributed by atoms with Crippen LogP contribution in [0.3, 0.4) is 0 Å². The minimum Gasteiger partial charge on any atom is -0.444 e. The minimum atomic E-state index is -0.543. The molecule has 37 heavy (non-hydrogen) atoms. The molecule has 0 spiro atoms. The van der Waals surface area contributed by atoms with Gasteiger partial charge in [0.15, 0.2) is 0 Å². The zero-order chi connectivity index (χ0) is 26.4. The first kappa shape index (κ1) is 26.8. The summed E-state index contributed by atoms with van der Waals surface area (Å²) in [4.78, 5) is 24.4. The van der Waals surface area contributed by atoms with Crippen LogP contribution in [0.5, 0.6) is 0 Å². The second-order valence-electron chi connectivity index (χ2n) is 10.8. The van der Waals surface area contributed by atoms with Gasteiger partial charge < -0.3 is 4.74 Å². The molecule has 0 aromatic carbocycles. The number of ether oxygens (including phenoxy) is 1. The Bertz CT molecular complexity index is 1180. The van der Waals surface area contributed by atoms with E-state index in [0.29, 0.717) is 5.69 Å². The maximum absolute atomic E-state index is 12.1. The Morgan fingerprint density at radius 3 is 2.49 bits per heavy atom. The number of nitrogens with zero attached hydrogens (tertiary/aromatic N) is 5. The molecule has 4 rings (SSSR count). The topological polar surface area (TPSA) is 85.2 Å². The van der Waals surface area contributed by atoms with E-state index in [0.717, 1.165) is 45.2 Å². The number of pyridine rings is 2. The molecule has 1 amide bonds. The smallest absolute Gasteiger partial charge is 0.412 e. The Morgan fingerprint density at radius 2 is 1.78 bits per heavy atom. The second kappa shape index (κ2) is 11.9. The molecule has 3 aromatic rings. The highest BCUT2D eigenvalue weighted by Gasteiger charge is 2.35. The Hall–Kier alpha value is -3.26. The third-order valence-corrected chi connectivity index (χ3v) is 6.83. The lowest BCUT2D eigenvalue weighted by molar-refractivity contribution is 0.0636. The van der Waals surface area contributed by atoms with Crippen molar-refractivity contribution in [3.63, 3.8) is 0 Å². The third-order valence-electron chi connectivity index (χ3n) is 6.83. The van der Waals surface area contributed by atoms with Gasteiger partial charge in [0.1, 0.15) is 5.60 Å². The number of hydrogen-bond acceptors (Lipinski definition) is 6. The molecule has 0 unspecified atom stereocenters. The van der Waals surface area contributed by atoms with Crippen molar-refractivity contribution in [2.75, 3.05) is 11.9 Å². The third kappa shape index (κ3) is 6.95. The monoisotopic (exact) mass is 504 g/mol. The lowest BCUT2D eigenvalue weighted by Crippen LogP contribution is -2.39. The molecule has 1 aliphatic heterocycles. The molecule has 8 nitrogen and oxygen atoms in total. The van der Waals surface area contributed by atoms with Gasteiger partial charge in [0.2, 0.25) is 0 Å². The summed E-state index contributed by atoms with van der Waals surface area (Å²) in [7, 11) is 0. The molecule has 1 fully saturated rings. The van der Waals surface area contributed by atoms with Crippen LogP contribution in [-0.2, 0) is 17.7 Å². The standard InChI is InChI=1S/C29H40N6O2/c1-6-22-12-9-16-31-27(22)25-14-7-13-24(26-21(2)11-8-15-30-26)35(25)18-10-17-34-20-23(19-32-34)33-28(36)37-29(3,4)5/h8-9,11-12,15-16,19-20,24-25H,6-7,10,13-14,17-18H2,1-5H3,(H,33,36)/t24-,25+/m0/s1. The van der Waals surface area contributed by atoms with E-state index in [2.05, 4.69) is 41.3 Å². The molecule has 3 aromatic heterocycles. The van der Waals surface area contributed by atoms with Crippen molar-refractivity contribution < 1.29 is 9.53 Å². The Balaban J connectivity index is 1.49. The van der Waals surface area contributed by atoms with E-state index in [1.807, 2.05) is 56.2 Å². The number of aryl methyl sites for hydroxylation is 3. The van der Waals surface area contributed by atoms with Crippen molar-refractivity contribution in [2.45, 2.75) is 91.0 Å². The van der Waals surface area contributed by atoms with E-state index >= 15 is 0 Å². The molecule has 2 atom stereocenters. The Kier molecular flexibility index (Phi) is 8.59. The first-order valence-electron chi connectivity index (χ1n) is 13.4. The highest BCUT2D eigenvalue weighted by atomic mass is 16.6. The fraction of sp³-hybridized carbons (Fsp3) is 0.517. The fourth-order valence-electron chi connectivity index (χ4n) is 5.24. The molecule has 8 heteroatoms. The molecular weight excluding hydrogens is 464 g/mol. The van der Waals surface area contributed by atoms with Gasteiger partial charge in [-0.3, -0.25) is 24.9 Å². The molecule has 0 aliphatic carbocycles. The highest BCUT2D eigenvalue weighted by molar-refractivity contribution is 5.84. The van der Waals surface area contributed by atoms with Gasteiger partial charge in [0, 0.05) is 31.7 Å². The molecular formula is C29H40N6O2. The summed E-state index contributed by atoms with van der Waals surface area (Å²) in [5, 5.41) is 7.21. The van der Waals surface area contributed by atoms with Crippen molar-refractivity contribution in [3.8, 4) is 0 Å². The number of aromatic nitrogens is 4. The number of piperidine rings is 1. The van der Waals surface area contributed by atoms with E-state index in [9.17, 15) is 4.79 Å². The minimum absolute atomic E-state index is 0.258. The van der Waals surface area contributed by atoms with Crippen LogP contribution in [0.4, 0.5) is 10.5 Å². The van der Waals surface area contributed by atoms with Crippen LogP contribution >= 0.6 is 0 Å². The van der Waals surface area contributed by atoms with Crippen LogP contribution in [-0.4, -0.2) is 42.9 Å². The number of likely N-dealkylation sites (tertiary alicyclic amines) is 1. The molecule has 1 saturated heterocycles. The van der Waals surface area contributed by atoms with E-state index in [-0.39, 0.29) is 12.1 Å². The number of nitrogens with one attached hydrogen (secondary N) is 1. The van der Waals surface area contributed by atoms with Crippen molar-refractivity contribution in [1.29, 1.82) is 0 Å².